The Bertz CT molecular complexity index is 336. The molecule has 1 aromatic carbocycles. The molecule has 1 unspecified atom stereocenters. The van der Waals surface area contributed by atoms with E-state index in [9.17, 15) is 0 Å². The second-order valence-electron chi connectivity index (χ2n) is 4.05. The first-order valence-corrected chi connectivity index (χ1v) is 5.64. The maximum absolute atomic E-state index is 6.14. The van der Waals surface area contributed by atoms with Crippen molar-refractivity contribution < 1.29 is 4.74 Å². The van der Waals surface area contributed by atoms with Gasteiger partial charge in [-0.05, 0) is 30.5 Å². The summed E-state index contributed by atoms with van der Waals surface area (Å²) in [6.07, 6.45) is 0. The molecule has 0 amide bonds. The fraction of sp³-hybridized carbons (Fsp3) is 0.500. The van der Waals surface area contributed by atoms with Crippen LogP contribution in [0.25, 0.3) is 0 Å². The van der Waals surface area contributed by atoms with Crippen molar-refractivity contribution in [2.24, 2.45) is 0 Å². The largest absolute Gasteiger partial charge is 0.378 e. The maximum atomic E-state index is 6.14. The van der Waals surface area contributed by atoms with Gasteiger partial charge in [0.25, 0.3) is 0 Å². The average Bonchev–Trinajstić information content (AvgIpc) is 2.26. The van der Waals surface area contributed by atoms with Crippen molar-refractivity contribution in [1.29, 1.82) is 0 Å². The highest BCUT2D eigenvalue weighted by Gasteiger charge is 2.16. The van der Waals surface area contributed by atoms with E-state index in [-0.39, 0.29) is 0 Å². The van der Waals surface area contributed by atoms with Crippen molar-refractivity contribution in [2.45, 2.75) is 19.9 Å². The SMILES string of the molecule is Cc1cc(C2COCCN2)cc(C)c1Cl. The monoisotopic (exact) mass is 225 g/mol. The molecule has 0 bridgehead atoms. The van der Waals surface area contributed by atoms with Crippen molar-refractivity contribution in [1.82, 2.24) is 5.32 Å². The molecule has 82 valence electrons. The number of hydrogen-bond acceptors (Lipinski definition) is 2. The van der Waals surface area contributed by atoms with Gasteiger partial charge in [-0.15, -0.1) is 0 Å². The van der Waals surface area contributed by atoms with Crippen molar-refractivity contribution in [3.8, 4) is 0 Å². The van der Waals surface area contributed by atoms with Gasteiger partial charge in [0.05, 0.1) is 19.3 Å². The fourth-order valence-corrected chi connectivity index (χ4v) is 2.07. The third-order valence-corrected chi connectivity index (χ3v) is 3.38. The van der Waals surface area contributed by atoms with Crippen LogP contribution in [0.15, 0.2) is 12.1 Å². The number of aryl methyl sites for hydroxylation is 2. The number of halogens is 1. The van der Waals surface area contributed by atoms with Crippen molar-refractivity contribution in [3.63, 3.8) is 0 Å². The molecule has 0 saturated carbocycles. The molecule has 2 nitrogen and oxygen atoms in total. The Labute approximate surface area is 95.6 Å². The molecule has 3 heteroatoms. The van der Waals surface area contributed by atoms with E-state index in [1.807, 2.05) is 13.8 Å². The molecule has 15 heavy (non-hydrogen) atoms. The predicted molar refractivity (Wildman–Crippen MR) is 62.5 cm³/mol. The number of nitrogens with one attached hydrogen (secondary N) is 1. The molecule has 0 radical (unpaired) electrons. The minimum Gasteiger partial charge on any atom is -0.378 e. The van der Waals surface area contributed by atoms with Crippen LogP contribution in [-0.2, 0) is 4.74 Å². The number of benzene rings is 1. The third-order valence-electron chi connectivity index (χ3n) is 2.78. The van der Waals surface area contributed by atoms with Gasteiger partial charge in [0.2, 0.25) is 0 Å². The van der Waals surface area contributed by atoms with E-state index in [2.05, 4.69) is 17.4 Å². The second kappa shape index (κ2) is 4.52. The second-order valence-corrected chi connectivity index (χ2v) is 4.43. The molecule has 2 rings (SSSR count). The molecule has 0 spiro atoms. The highest BCUT2D eigenvalue weighted by Crippen LogP contribution is 2.25. The van der Waals surface area contributed by atoms with E-state index in [1.54, 1.807) is 0 Å². The van der Waals surface area contributed by atoms with E-state index in [0.29, 0.717) is 6.04 Å². The molecule has 1 aromatic rings. The topological polar surface area (TPSA) is 21.3 Å². The average molecular weight is 226 g/mol. The molecule has 0 aliphatic carbocycles. The van der Waals surface area contributed by atoms with Gasteiger partial charge in [-0.1, -0.05) is 23.7 Å². The Morgan fingerprint density at radius 3 is 2.53 bits per heavy atom. The lowest BCUT2D eigenvalue weighted by Crippen LogP contribution is -2.34. The molecule has 1 aliphatic heterocycles. The lowest BCUT2D eigenvalue weighted by atomic mass is 10.0. The summed E-state index contributed by atoms with van der Waals surface area (Å²) in [5.74, 6) is 0. The lowest BCUT2D eigenvalue weighted by molar-refractivity contribution is 0.0768. The molecule has 1 N–H and O–H groups in total. The normalized spacial score (nSPS) is 21.7. The highest BCUT2D eigenvalue weighted by molar-refractivity contribution is 6.32. The highest BCUT2D eigenvalue weighted by atomic mass is 35.5. The number of ether oxygens (including phenoxy) is 1. The predicted octanol–water partition coefficient (Wildman–Crippen LogP) is 2.62. The molecule has 1 saturated heterocycles. The fourth-order valence-electron chi connectivity index (χ4n) is 1.96. The van der Waals surface area contributed by atoms with Gasteiger partial charge in [-0.25, -0.2) is 0 Å². The summed E-state index contributed by atoms with van der Waals surface area (Å²) in [6.45, 7) is 6.57. The molecule has 1 aliphatic rings. The van der Waals surface area contributed by atoms with Crippen LogP contribution in [-0.4, -0.2) is 19.8 Å². The zero-order valence-electron chi connectivity index (χ0n) is 9.14. The molecule has 0 aromatic heterocycles. The van der Waals surface area contributed by atoms with Crippen LogP contribution in [0.2, 0.25) is 5.02 Å². The molecule has 1 heterocycles. The van der Waals surface area contributed by atoms with Gasteiger partial charge < -0.3 is 10.1 Å². The molecular formula is C12H16ClNO. The summed E-state index contributed by atoms with van der Waals surface area (Å²) < 4.78 is 5.45. The smallest absolute Gasteiger partial charge is 0.0662 e. The maximum Gasteiger partial charge on any atom is 0.0662 e. The first kappa shape index (κ1) is 10.9. The van der Waals surface area contributed by atoms with E-state index in [1.165, 1.54) is 5.56 Å². The zero-order chi connectivity index (χ0) is 10.8. The van der Waals surface area contributed by atoms with Gasteiger partial charge in [-0.2, -0.15) is 0 Å². The Kier molecular flexibility index (Phi) is 3.29. The van der Waals surface area contributed by atoms with E-state index >= 15 is 0 Å². The standard InChI is InChI=1S/C12H16ClNO/c1-8-5-10(6-9(2)12(8)13)11-7-15-4-3-14-11/h5-6,11,14H,3-4,7H2,1-2H3. The van der Waals surface area contributed by atoms with Crippen LogP contribution in [0.3, 0.4) is 0 Å². The number of hydrogen-bond donors (Lipinski definition) is 1. The summed E-state index contributed by atoms with van der Waals surface area (Å²) in [4.78, 5) is 0. The first-order chi connectivity index (χ1) is 7.18. The number of rotatable bonds is 1. The van der Waals surface area contributed by atoms with Gasteiger partial charge in [-0.3, -0.25) is 0 Å². The minimum absolute atomic E-state index is 0.313. The Morgan fingerprint density at radius 2 is 2.00 bits per heavy atom. The lowest BCUT2D eigenvalue weighted by Gasteiger charge is -2.25. The Morgan fingerprint density at radius 1 is 1.33 bits per heavy atom. The van der Waals surface area contributed by atoms with E-state index < -0.39 is 0 Å². The van der Waals surface area contributed by atoms with Crippen molar-refractivity contribution in [2.75, 3.05) is 19.8 Å². The van der Waals surface area contributed by atoms with Crippen LogP contribution in [0.5, 0.6) is 0 Å². The van der Waals surface area contributed by atoms with Crippen molar-refractivity contribution >= 4 is 11.6 Å². The van der Waals surface area contributed by atoms with Gasteiger partial charge in [0.15, 0.2) is 0 Å². The summed E-state index contributed by atoms with van der Waals surface area (Å²) in [6, 6.07) is 4.59. The summed E-state index contributed by atoms with van der Waals surface area (Å²) in [7, 11) is 0. The summed E-state index contributed by atoms with van der Waals surface area (Å²) >= 11 is 6.14. The molecular weight excluding hydrogens is 210 g/mol. The zero-order valence-corrected chi connectivity index (χ0v) is 9.90. The van der Waals surface area contributed by atoms with Gasteiger partial charge in [0, 0.05) is 11.6 Å². The van der Waals surface area contributed by atoms with E-state index in [0.717, 1.165) is 35.9 Å². The van der Waals surface area contributed by atoms with Crippen molar-refractivity contribution in [3.05, 3.63) is 33.8 Å². The number of morpholine rings is 1. The van der Waals surface area contributed by atoms with Crippen LogP contribution in [0.4, 0.5) is 0 Å². The Hall–Kier alpha value is -0.570. The van der Waals surface area contributed by atoms with Gasteiger partial charge >= 0.3 is 0 Å². The van der Waals surface area contributed by atoms with Crippen LogP contribution in [0.1, 0.15) is 22.7 Å². The molecule has 1 fully saturated rings. The first-order valence-electron chi connectivity index (χ1n) is 5.26. The summed E-state index contributed by atoms with van der Waals surface area (Å²) in [5.41, 5.74) is 3.55. The van der Waals surface area contributed by atoms with Crippen LogP contribution in [0, 0.1) is 13.8 Å². The quantitative estimate of drug-likeness (QED) is 0.794. The molecule has 1 atom stereocenters. The summed E-state index contributed by atoms with van der Waals surface area (Å²) in [5, 5.41) is 4.31. The minimum atomic E-state index is 0.313. The van der Waals surface area contributed by atoms with E-state index in [4.69, 9.17) is 16.3 Å². The van der Waals surface area contributed by atoms with Gasteiger partial charge in [0.1, 0.15) is 0 Å². The van der Waals surface area contributed by atoms with Crippen LogP contribution >= 0.6 is 11.6 Å². The van der Waals surface area contributed by atoms with Crippen LogP contribution < -0.4 is 5.32 Å². The third kappa shape index (κ3) is 2.33. The Balaban J connectivity index is 2.27.